The molecule has 0 aromatic carbocycles. The number of thiophene rings is 1. The molecule has 1 aromatic rings. The zero-order valence-corrected chi connectivity index (χ0v) is 11.7. The standard InChI is InChI=1S/C13H20N2O2S/c1-9-3-4-12(5-10(9)2)14-7-11-6-13(15(16)17)18-8-11/h6,8-10,12,14H,3-5,7H2,1-2H3. The summed E-state index contributed by atoms with van der Waals surface area (Å²) >= 11 is 1.21. The normalized spacial score (nSPS) is 28.2. The highest BCUT2D eigenvalue weighted by atomic mass is 32.1. The zero-order valence-electron chi connectivity index (χ0n) is 10.9. The number of nitrogens with one attached hydrogen (secondary N) is 1. The van der Waals surface area contributed by atoms with Crippen LogP contribution in [-0.4, -0.2) is 11.0 Å². The molecule has 0 saturated heterocycles. The van der Waals surface area contributed by atoms with Crippen molar-refractivity contribution in [1.29, 1.82) is 0 Å². The van der Waals surface area contributed by atoms with E-state index < -0.39 is 0 Å². The summed E-state index contributed by atoms with van der Waals surface area (Å²) in [5.74, 6) is 1.60. The van der Waals surface area contributed by atoms with Gasteiger partial charge in [-0.2, -0.15) is 0 Å². The maximum absolute atomic E-state index is 10.6. The molecule has 1 aliphatic carbocycles. The van der Waals surface area contributed by atoms with Crippen LogP contribution < -0.4 is 5.32 Å². The van der Waals surface area contributed by atoms with Gasteiger partial charge in [0.2, 0.25) is 0 Å². The lowest BCUT2D eigenvalue weighted by Gasteiger charge is -2.32. The Morgan fingerprint density at radius 2 is 2.22 bits per heavy atom. The average Bonchev–Trinajstić information content (AvgIpc) is 2.79. The lowest BCUT2D eigenvalue weighted by molar-refractivity contribution is -0.380. The first-order valence-electron chi connectivity index (χ1n) is 6.51. The van der Waals surface area contributed by atoms with Crippen LogP contribution in [0.2, 0.25) is 0 Å². The minimum atomic E-state index is -0.321. The van der Waals surface area contributed by atoms with Crippen LogP contribution in [0.25, 0.3) is 0 Å². The maximum Gasteiger partial charge on any atom is 0.324 e. The molecule has 18 heavy (non-hydrogen) atoms. The van der Waals surface area contributed by atoms with E-state index in [1.165, 1.54) is 30.6 Å². The highest BCUT2D eigenvalue weighted by molar-refractivity contribution is 7.13. The monoisotopic (exact) mass is 268 g/mol. The lowest BCUT2D eigenvalue weighted by atomic mass is 9.79. The Morgan fingerprint density at radius 1 is 1.44 bits per heavy atom. The van der Waals surface area contributed by atoms with E-state index in [1.54, 1.807) is 6.07 Å². The summed E-state index contributed by atoms with van der Waals surface area (Å²) in [5.41, 5.74) is 1.03. The molecule has 0 bridgehead atoms. The SMILES string of the molecule is CC1CCC(NCc2csc([N+](=O)[O-])c2)CC1C. The van der Waals surface area contributed by atoms with Crippen LogP contribution >= 0.6 is 11.3 Å². The fraction of sp³-hybridized carbons (Fsp3) is 0.692. The quantitative estimate of drug-likeness (QED) is 0.671. The van der Waals surface area contributed by atoms with E-state index in [1.807, 2.05) is 5.38 Å². The molecule has 1 aromatic heterocycles. The van der Waals surface area contributed by atoms with Crippen LogP contribution in [0.1, 0.15) is 38.7 Å². The van der Waals surface area contributed by atoms with Crippen molar-refractivity contribution in [1.82, 2.24) is 5.32 Å². The number of rotatable bonds is 4. The molecule has 5 heteroatoms. The fourth-order valence-electron chi connectivity index (χ4n) is 2.55. The third kappa shape index (κ3) is 3.29. The third-order valence-electron chi connectivity index (χ3n) is 4.01. The molecule has 0 amide bonds. The van der Waals surface area contributed by atoms with Crippen molar-refractivity contribution >= 4 is 16.3 Å². The van der Waals surface area contributed by atoms with Gasteiger partial charge < -0.3 is 5.32 Å². The summed E-state index contributed by atoms with van der Waals surface area (Å²) < 4.78 is 0. The highest BCUT2D eigenvalue weighted by Crippen LogP contribution is 2.29. The van der Waals surface area contributed by atoms with Gasteiger partial charge in [-0.1, -0.05) is 25.2 Å². The molecule has 1 aliphatic rings. The van der Waals surface area contributed by atoms with Crippen molar-refractivity contribution in [3.63, 3.8) is 0 Å². The second kappa shape index (κ2) is 5.80. The molecule has 0 aliphatic heterocycles. The largest absolute Gasteiger partial charge is 0.324 e. The first kappa shape index (κ1) is 13.5. The molecule has 0 spiro atoms. The van der Waals surface area contributed by atoms with Crippen molar-refractivity contribution in [2.75, 3.05) is 0 Å². The first-order valence-corrected chi connectivity index (χ1v) is 7.39. The average molecular weight is 268 g/mol. The van der Waals surface area contributed by atoms with Gasteiger partial charge in [0.05, 0.1) is 4.92 Å². The van der Waals surface area contributed by atoms with Gasteiger partial charge in [-0.15, -0.1) is 0 Å². The van der Waals surface area contributed by atoms with Crippen LogP contribution in [0.3, 0.4) is 0 Å². The summed E-state index contributed by atoms with van der Waals surface area (Å²) in [6.07, 6.45) is 3.72. The van der Waals surface area contributed by atoms with E-state index in [2.05, 4.69) is 19.2 Å². The number of nitro groups is 1. The minimum absolute atomic E-state index is 0.234. The number of nitrogens with zero attached hydrogens (tertiary/aromatic N) is 1. The molecule has 3 unspecified atom stereocenters. The van der Waals surface area contributed by atoms with Gasteiger partial charge in [-0.3, -0.25) is 10.1 Å². The topological polar surface area (TPSA) is 55.2 Å². The van der Waals surface area contributed by atoms with Gasteiger partial charge in [-0.05, 0) is 36.7 Å². The maximum atomic E-state index is 10.6. The Balaban J connectivity index is 1.82. The molecule has 0 radical (unpaired) electrons. The summed E-state index contributed by atoms with van der Waals surface area (Å²) in [6, 6.07) is 2.24. The van der Waals surface area contributed by atoms with Crippen LogP contribution in [0, 0.1) is 22.0 Å². The second-order valence-electron chi connectivity index (χ2n) is 5.40. The molecule has 2 rings (SSSR count). The van der Waals surface area contributed by atoms with E-state index in [-0.39, 0.29) is 9.92 Å². The zero-order chi connectivity index (χ0) is 13.1. The summed E-state index contributed by atoms with van der Waals surface area (Å²) in [4.78, 5) is 10.3. The highest BCUT2D eigenvalue weighted by Gasteiger charge is 2.24. The molecule has 100 valence electrons. The van der Waals surface area contributed by atoms with E-state index in [4.69, 9.17) is 0 Å². The predicted molar refractivity (Wildman–Crippen MR) is 73.8 cm³/mol. The summed E-state index contributed by atoms with van der Waals surface area (Å²) in [6.45, 7) is 5.38. The molecule has 1 fully saturated rings. The van der Waals surface area contributed by atoms with Gasteiger partial charge >= 0.3 is 5.00 Å². The summed E-state index contributed by atoms with van der Waals surface area (Å²) in [7, 11) is 0. The van der Waals surface area contributed by atoms with Crippen molar-refractivity contribution in [2.24, 2.45) is 11.8 Å². The predicted octanol–water partition coefficient (Wildman–Crippen LogP) is 3.57. The van der Waals surface area contributed by atoms with Gasteiger partial charge in [0.25, 0.3) is 0 Å². The molecule has 4 nitrogen and oxygen atoms in total. The number of hydrogen-bond donors (Lipinski definition) is 1. The molecule has 1 N–H and O–H groups in total. The Hall–Kier alpha value is -0.940. The molecule has 1 saturated carbocycles. The Bertz CT molecular complexity index is 419. The summed E-state index contributed by atoms with van der Waals surface area (Å²) in [5, 5.41) is 16.2. The Morgan fingerprint density at radius 3 is 2.83 bits per heavy atom. The Labute approximate surface area is 112 Å². The third-order valence-corrected chi connectivity index (χ3v) is 4.94. The molecular weight excluding hydrogens is 248 g/mol. The molecule has 1 heterocycles. The van der Waals surface area contributed by atoms with Gasteiger partial charge in [0, 0.05) is 24.0 Å². The second-order valence-corrected chi connectivity index (χ2v) is 6.29. The fourth-order valence-corrected chi connectivity index (χ4v) is 3.28. The van der Waals surface area contributed by atoms with Crippen molar-refractivity contribution in [2.45, 2.75) is 45.7 Å². The van der Waals surface area contributed by atoms with Crippen LogP contribution in [0.5, 0.6) is 0 Å². The van der Waals surface area contributed by atoms with Crippen molar-refractivity contribution in [3.8, 4) is 0 Å². The minimum Gasteiger partial charge on any atom is -0.310 e. The van der Waals surface area contributed by atoms with Crippen molar-refractivity contribution in [3.05, 3.63) is 27.1 Å². The molecular formula is C13H20N2O2S. The van der Waals surface area contributed by atoms with Crippen LogP contribution in [-0.2, 0) is 6.54 Å². The van der Waals surface area contributed by atoms with Crippen LogP contribution in [0.4, 0.5) is 5.00 Å². The van der Waals surface area contributed by atoms with Gasteiger partial charge in [0.1, 0.15) is 0 Å². The van der Waals surface area contributed by atoms with Crippen molar-refractivity contribution < 1.29 is 4.92 Å². The first-order chi connectivity index (χ1) is 8.56. The van der Waals surface area contributed by atoms with Gasteiger partial charge in [0.15, 0.2) is 0 Å². The van der Waals surface area contributed by atoms with Gasteiger partial charge in [-0.25, -0.2) is 0 Å². The lowest BCUT2D eigenvalue weighted by Crippen LogP contribution is -2.35. The molecule has 3 atom stereocenters. The smallest absolute Gasteiger partial charge is 0.310 e. The number of hydrogen-bond acceptors (Lipinski definition) is 4. The van der Waals surface area contributed by atoms with E-state index in [0.29, 0.717) is 6.04 Å². The van der Waals surface area contributed by atoms with E-state index >= 15 is 0 Å². The van der Waals surface area contributed by atoms with E-state index in [0.717, 1.165) is 23.9 Å². The Kier molecular flexibility index (Phi) is 4.35. The van der Waals surface area contributed by atoms with Crippen LogP contribution in [0.15, 0.2) is 11.4 Å². The van der Waals surface area contributed by atoms with E-state index in [9.17, 15) is 10.1 Å².